The van der Waals surface area contributed by atoms with Crippen molar-refractivity contribution in [3.63, 3.8) is 0 Å². The van der Waals surface area contributed by atoms with Crippen molar-refractivity contribution in [1.82, 2.24) is 14.8 Å². The van der Waals surface area contributed by atoms with Gasteiger partial charge in [-0.05, 0) is 20.8 Å². The quantitative estimate of drug-likeness (QED) is 0.876. The van der Waals surface area contributed by atoms with Gasteiger partial charge < -0.3 is 5.32 Å². The molecule has 2 aromatic heterocycles. The lowest BCUT2D eigenvalue weighted by molar-refractivity contribution is -0.116. The zero-order chi connectivity index (χ0) is 13.3. The number of aromatic amines is 1. The van der Waals surface area contributed by atoms with Gasteiger partial charge in [0.2, 0.25) is 5.91 Å². The van der Waals surface area contributed by atoms with Gasteiger partial charge in [-0.15, -0.1) is 0 Å². The van der Waals surface area contributed by atoms with Crippen LogP contribution in [0.2, 0.25) is 0 Å². The van der Waals surface area contributed by atoms with E-state index in [9.17, 15) is 9.59 Å². The predicted octanol–water partition coefficient (Wildman–Crippen LogP) is 1.20. The lowest BCUT2D eigenvalue weighted by Gasteiger charge is -2.06. The zero-order valence-corrected chi connectivity index (χ0v) is 11.2. The molecule has 2 rings (SSSR count). The highest BCUT2D eigenvalue weighted by Crippen LogP contribution is 2.15. The number of nitrogens with zero attached hydrogens (tertiary/aromatic N) is 2. The second-order valence-corrected chi connectivity index (χ2v) is 4.91. The van der Waals surface area contributed by atoms with Crippen molar-refractivity contribution in [1.29, 1.82) is 0 Å². The highest BCUT2D eigenvalue weighted by molar-refractivity contribution is 7.07. The smallest absolute Gasteiger partial charge is 0.307 e. The molecule has 6 nitrogen and oxygen atoms in total. The molecule has 2 aromatic rings. The number of anilines is 1. The Bertz CT molecular complexity index is 618. The van der Waals surface area contributed by atoms with Crippen LogP contribution >= 0.6 is 11.3 Å². The fourth-order valence-electron chi connectivity index (χ4n) is 1.65. The molecule has 0 aliphatic carbocycles. The molecule has 0 saturated heterocycles. The van der Waals surface area contributed by atoms with E-state index in [-0.39, 0.29) is 17.3 Å². The number of aryl methyl sites for hydroxylation is 3. The van der Waals surface area contributed by atoms with Crippen LogP contribution in [0.4, 0.5) is 5.69 Å². The van der Waals surface area contributed by atoms with E-state index < -0.39 is 0 Å². The van der Waals surface area contributed by atoms with E-state index in [1.807, 2.05) is 6.92 Å². The fraction of sp³-hybridized carbons (Fsp3) is 0.364. The molecule has 0 bridgehead atoms. The molecule has 0 aliphatic rings. The summed E-state index contributed by atoms with van der Waals surface area (Å²) in [6, 6.07) is 0. The third-order valence-electron chi connectivity index (χ3n) is 2.67. The first-order chi connectivity index (χ1) is 8.49. The first kappa shape index (κ1) is 12.6. The molecule has 0 aliphatic heterocycles. The van der Waals surface area contributed by atoms with Crippen molar-refractivity contribution < 1.29 is 4.79 Å². The van der Waals surface area contributed by atoms with E-state index in [2.05, 4.69) is 15.5 Å². The van der Waals surface area contributed by atoms with Crippen LogP contribution in [0.25, 0.3) is 0 Å². The molecule has 0 spiro atoms. The molecule has 18 heavy (non-hydrogen) atoms. The van der Waals surface area contributed by atoms with Gasteiger partial charge in [0.15, 0.2) is 0 Å². The first-order valence-electron chi connectivity index (χ1n) is 5.45. The molecular formula is C11H14N4O2S. The molecule has 0 unspecified atom stereocenters. The Hall–Kier alpha value is -1.89. The minimum absolute atomic E-state index is 0.0260. The van der Waals surface area contributed by atoms with Crippen LogP contribution in [0.3, 0.4) is 0 Å². The maximum absolute atomic E-state index is 11.9. The monoisotopic (exact) mass is 266 g/mol. The number of aromatic nitrogens is 3. The fourth-order valence-corrected chi connectivity index (χ4v) is 2.39. The van der Waals surface area contributed by atoms with Crippen molar-refractivity contribution in [2.45, 2.75) is 27.3 Å². The van der Waals surface area contributed by atoms with Crippen LogP contribution in [0.1, 0.15) is 17.1 Å². The third-order valence-corrected chi connectivity index (χ3v) is 3.55. The van der Waals surface area contributed by atoms with E-state index in [0.717, 1.165) is 28.4 Å². The summed E-state index contributed by atoms with van der Waals surface area (Å²) in [5, 5.41) is 11.3. The lowest BCUT2D eigenvalue weighted by Crippen LogP contribution is -2.25. The summed E-state index contributed by atoms with van der Waals surface area (Å²) < 4.78 is 1.45. The summed E-state index contributed by atoms with van der Waals surface area (Å²) in [4.78, 5) is 23.3. The number of thiazole rings is 1. The number of carbonyl (C=O) groups excluding carboxylic acids is 1. The van der Waals surface area contributed by atoms with Crippen molar-refractivity contribution in [2.24, 2.45) is 0 Å². The SMILES string of the molecule is Cc1n[nH]c(C)c1NC(=O)Cn1c(C)csc1=O. The van der Waals surface area contributed by atoms with Crippen molar-refractivity contribution in [3.05, 3.63) is 32.1 Å². The molecule has 7 heteroatoms. The zero-order valence-electron chi connectivity index (χ0n) is 10.4. The number of hydrogen-bond donors (Lipinski definition) is 2. The van der Waals surface area contributed by atoms with E-state index in [0.29, 0.717) is 5.69 Å². The summed E-state index contributed by atoms with van der Waals surface area (Å²) >= 11 is 1.10. The average Bonchev–Trinajstić information content (AvgIpc) is 2.79. The minimum Gasteiger partial charge on any atom is -0.321 e. The Labute approximate surface area is 108 Å². The van der Waals surface area contributed by atoms with Crippen LogP contribution < -0.4 is 10.2 Å². The molecule has 96 valence electrons. The number of carbonyl (C=O) groups is 1. The van der Waals surface area contributed by atoms with Gasteiger partial charge in [-0.1, -0.05) is 11.3 Å². The second kappa shape index (κ2) is 4.77. The number of H-pyrrole nitrogens is 1. The minimum atomic E-state index is -0.230. The molecular weight excluding hydrogens is 252 g/mol. The van der Waals surface area contributed by atoms with Crippen molar-refractivity contribution >= 4 is 22.9 Å². The highest BCUT2D eigenvalue weighted by Gasteiger charge is 2.12. The number of hydrogen-bond acceptors (Lipinski definition) is 4. The standard InChI is InChI=1S/C11H14N4O2S/c1-6-5-18-11(17)15(6)4-9(16)12-10-7(2)13-14-8(10)3/h5H,4H2,1-3H3,(H,12,16)(H,13,14). The van der Waals surface area contributed by atoms with Crippen LogP contribution in [0.5, 0.6) is 0 Å². The molecule has 0 saturated carbocycles. The molecule has 2 N–H and O–H groups in total. The summed E-state index contributed by atoms with van der Waals surface area (Å²) in [5.74, 6) is -0.230. The molecule has 0 atom stereocenters. The van der Waals surface area contributed by atoms with Gasteiger partial charge >= 0.3 is 4.87 Å². The largest absolute Gasteiger partial charge is 0.321 e. The normalized spacial score (nSPS) is 10.6. The third kappa shape index (κ3) is 2.35. The Morgan fingerprint density at radius 2 is 2.22 bits per heavy atom. The van der Waals surface area contributed by atoms with Crippen LogP contribution in [-0.4, -0.2) is 20.7 Å². The summed E-state index contributed by atoms with van der Waals surface area (Å²) in [6.07, 6.45) is 0. The van der Waals surface area contributed by atoms with Crippen molar-refractivity contribution in [2.75, 3.05) is 5.32 Å². The van der Waals surface area contributed by atoms with Crippen LogP contribution in [0, 0.1) is 20.8 Å². The van der Waals surface area contributed by atoms with Gasteiger partial charge in [0.05, 0.1) is 17.1 Å². The molecule has 2 heterocycles. The van der Waals surface area contributed by atoms with Crippen LogP contribution in [-0.2, 0) is 11.3 Å². The Morgan fingerprint density at radius 1 is 1.50 bits per heavy atom. The summed E-state index contributed by atoms with van der Waals surface area (Å²) in [5.41, 5.74) is 3.01. The van der Waals surface area contributed by atoms with Crippen molar-refractivity contribution in [3.8, 4) is 0 Å². The Kier molecular flexibility index (Phi) is 3.33. The van der Waals surface area contributed by atoms with Gasteiger partial charge in [0.1, 0.15) is 6.54 Å². The Morgan fingerprint density at radius 3 is 2.72 bits per heavy atom. The van der Waals surface area contributed by atoms with Gasteiger partial charge in [-0.3, -0.25) is 19.3 Å². The lowest BCUT2D eigenvalue weighted by atomic mass is 10.3. The summed E-state index contributed by atoms with van der Waals surface area (Å²) in [6.45, 7) is 5.47. The average molecular weight is 266 g/mol. The van der Waals surface area contributed by atoms with E-state index in [1.165, 1.54) is 4.57 Å². The van der Waals surface area contributed by atoms with E-state index >= 15 is 0 Å². The maximum Gasteiger partial charge on any atom is 0.307 e. The predicted molar refractivity (Wildman–Crippen MR) is 70.0 cm³/mol. The van der Waals surface area contributed by atoms with Crippen LogP contribution in [0.15, 0.2) is 10.2 Å². The molecule has 0 aromatic carbocycles. The second-order valence-electron chi connectivity index (χ2n) is 4.09. The van der Waals surface area contributed by atoms with Gasteiger partial charge in [0.25, 0.3) is 0 Å². The first-order valence-corrected chi connectivity index (χ1v) is 6.33. The molecule has 1 amide bonds. The Balaban J connectivity index is 2.13. The number of nitrogens with one attached hydrogen (secondary N) is 2. The molecule has 0 radical (unpaired) electrons. The van der Waals surface area contributed by atoms with Gasteiger partial charge in [-0.2, -0.15) is 5.10 Å². The maximum atomic E-state index is 11.9. The molecule has 0 fully saturated rings. The number of rotatable bonds is 3. The van der Waals surface area contributed by atoms with E-state index in [4.69, 9.17) is 0 Å². The van der Waals surface area contributed by atoms with Gasteiger partial charge in [-0.25, -0.2) is 0 Å². The highest BCUT2D eigenvalue weighted by atomic mass is 32.1. The summed E-state index contributed by atoms with van der Waals surface area (Å²) in [7, 11) is 0. The number of amides is 1. The topological polar surface area (TPSA) is 79.8 Å². The van der Waals surface area contributed by atoms with E-state index in [1.54, 1.807) is 19.2 Å². The van der Waals surface area contributed by atoms with Gasteiger partial charge in [0, 0.05) is 11.1 Å².